The maximum Gasteiger partial charge on any atom is 0.237 e. The molecule has 1 aliphatic carbocycles. The van der Waals surface area contributed by atoms with Gasteiger partial charge in [-0.1, -0.05) is 0 Å². The first-order valence-electron chi connectivity index (χ1n) is 5.76. The van der Waals surface area contributed by atoms with Gasteiger partial charge in [0.25, 0.3) is 0 Å². The van der Waals surface area contributed by atoms with E-state index in [1.54, 1.807) is 24.2 Å². The zero-order valence-corrected chi connectivity index (χ0v) is 10.5. The summed E-state index contributed by atoms with van der Waals surface area (Å²) in [6, 6.07) is 3.95. The summed E-state index contributed by atoms with van der Waals surface area (Å²) in [4.78, 5) is 16.5. The highest BCUT2D eigenvalue weighted by Crippen LogP contribution is 2.36. The molecule has 0 spiro atoms. The number of thioether (sulfide) groups is 1. The lowest BCUT2D eigenvalue weighted by molar-refractivity contribution is -0.124. The second-order valence-corrected chi connectivity index (χ2v) is 5.91. The zero-order valence-electron chi connectivity index (χ0n) is 9.63. The first-order valence-corrected chi connectivity index (χ1v) is 6.63. The summed E-state index contributed by atoms with van der Waals surface area (Å²) < 4.78 is 0. The molecule has 1 aromatic heterocycles. The molecule has 1 heterocycles. The van der Waals surface area contributed by atoms with E-state index in [4.69, 9.17) is 11.5 Å². The normalized spacial score (nSPS) is 28.9. The fraction of sp³-hybridized carbons (Fsp3) is 0.500. The minimum atomic E-state index is -0.817. The van der Waals surface area contributed by atoms with Gasteiger partial charge < -0.3 is 11.5 Å². The minimum Gasteiger partial charge on any atom is -0.368 e. The topological polar surface area (TPSA) is 82.0 Å². The molecule has 4 nitrogen and oxygen atoms in total. The molecule has 92 valence electrons. The van der Waals surface area contributed by atoms with Gasteiger partial charge in [0.05, 0.1) is 5.54 Å². The van der Waals surface area contributed by atoms with Crippen LogP contribution in [0.4, 0.5) is 0 Å². The summed E-state index contributed by atoms with van der Waals surface area (Å²) in [5.74, 6) is -0.377. The van der Waals surface area contributed by atoms with Crippen LogP contribution >= 0.6 is 11.8 Å². The van der Waals surface area contributed by atoms with E-state index in [1.807, 2.05) is 12.1 Å². The van der Waals surface area contributed by atoms with Crippen LogP contribution in [-0.4, -0.2) is 21.7 Å². The third kappa shape index (κ3) is 2.98. The highest BCUT2D eigenvalue weighted by Gasteiger charge is 2.37. The maximum atomic E-state index is 11.4. The monoisotopic (exact) mass is 251 g/mol. The van der Waals surface area contributed by atoms with Crippen molar-refractivity contribution in [2.24, 2.45) is 11.5 Å². The first kappa shape index (κ1) is 12.4. The van der Waals surface area contributed by atoms with Crippen molar-refractivity contribution in [3.63, 3.8) is 0 Å². The number of amides is 1. The summed E-state index contributed by atoms with van der Waals surface area (Å²) in [5, 5.41) is 0.364. The van der Waals surface area contributed by atoms with E-state index < -0.39 is 5.54 Å². The van der Waals surface area contributed by atoms with Crippen molar-refractivity contribution in [1.82, 2.24) is 4.98 Å². The number of carbonyl (C=O) groups excluding carboxylic acids is 1. The van der Waals surface area contributed by atoms with Crippen molar-refractivity contribution in [2.75, 3.05) is 0 Å². The Hall–Kier alpha value is -1.07. The first-order chi connectivity index (χ1) is 8.10. The molecule has 1 aliphatic rings. The van der Waals surface area contributed by atoms with Gasteiger partial charge in [-0.2, -0.15) is 0 Å². The molecule has 0 bridgehead atoms. The highest BCUT2D eigenvalue weighted by molar-refractivity contribution is 8.00. The summed E-state index contributed by atoms with van der Waals surface area (Å²) in [5.41, 5.74) is 10.6. The molecule has 1 fully saturated rings. The van der Waals surface area contributed by atoms with Crippen LogP contribution in [0.25, 0.3) is 0 Å². The molecular formula is C12H17N3OS. The van der Waals surface area contributed by atoms with Crippen LogP contribution in [0.5, 0.6) is 0 Å². The van der Waals surface area contributed by atoms with Gasteiger partial charge in [0.2, 0.25) is 5.91 Å². The van der Waals surface area contributed by atoms with E-state index in [2.05, 4.69) is 4.98 Å². The second-order valence-electron chi connectivity index (χ2n) is 4.54. The van der Waals surface area contributed by atoms with Crippen LogP contribution in [0.1, 0.15) is 25.7 Å². The van der Waals surface area contributed by atoms with Crippen LogP contribution in [-0.2, 0) is 4.79 Å². The SMILES string of the molecule is NC(=O)C1(N)CCCC(Sc2ccncc2)C1. The average Bonchev–Trinajstić information content (AvgIpc) is 2.30. The van der Waals surface area contributed by atoms with Gasteiger partial charge in [-0.25, -0.2) is 0 Å². The molecule has 5 heteroatoms. The molecule has 0 saturated heterocycles. The lowest BCUT2D eigenvalue weighted by atomic mass is 9.82. The Morgan fingerprint density at radius 2 is 2.18 bits per heavy atom. The number of hydrogen-bond acceptors (Lipinski definition) is 4. The van der Waals surface area contributed by atoms with Crippen molar-refractivity contribution in [1.29, 1.82) is 0 Å². The zero-order chi connectivity index (χ0) is 12.3. The van der Waals surface area contributed by atoms with Crippen LogP contribution in [0.2, 0.25) is 0 Å². The Bertz CT molecular complexity index is 398. The van der Waals surface area contributed by atoms with Crippen molar-refractivity contribution >= 4 is 17.7 Å². The van der Waals surface area contributed by atoms with E-state index in [9.17, 15) is 4.79 Å². The van der Waals surface area contributed by atoms with Crippen LogP contribution in [0, 0.1) is 0 Å². The maximum absolute atomic E-state index is 11.4. The number of nitrogens with zero attached hydrogens (tertiary/aromatic N) is 1. The highest BCUT2D eigenvalue weighted by atomic mass is 32.2. The molecule has 2 unspecified atom stereocenters. The van der Waals surface area contributed by atoms with Gasteiger partial charge >= 0.3 is 0 Å². The summed E-state index contributed by atoms with van der Waals surface area (Å²) in [7, 11) is 0. The number of rotatable bonds is 3. The molecule has 1 saturated carbocycles. The summed E-state index contributed by atoms with van der Waals surface area (Å²) >= 11 is 1.76. The number of aromatic nitrogens is 1. The average molecular weight is 251 g/mol. The molecule has 2 rings (SSSR count). The van der Waals surface area contributed by atoms with Gasteiger partial charge in [0.1, 0.15) is 0 Å². The number of primary amides is 1. The van der Waals surface area contributed by atoms with Crippen molar-refractivity contribution in [3.8, 4) is 0 Å². The van der Waals surface area contributed by atoms with Crippen molar-refractivity contribution in [2.45, 2.75) is 41.4 Å². The molecule has 0 aromatic carbocycles. The van der Waals surface area contributed by atoms with Crippen molar-refractivity contribution < 1.29 is 4.79 Å². The molecule has 1 amide bonds. The molecule has 0 radical (unpaired) electrons. The number of carbonyl (C=O) groups is 1. The van der Waals surface area contributed by atoms with Crippen LogP contribution in [0.3, 0.4) is 0 Å². The number of nitrogens with two attached hydrogens (primary N) is 2. The van der Waals surface area contributed by atoms with Gasteiger partial charge in [-0.05, 0) is 37.8 Å². The third-order valence-electron chi connectivity index (χ3n) is 3.18. The Morgan fingerprint density at radius 1 is 1.47 bits per heavy atom. The fourth-order valence-corrected chi connectivity index (χ4v) is 3.52. The van der Waals surface area contributed by atoms with Crippen molar-refractivity contribution in [3.05, 3.63) is 24.5 Å². The van der Waals surface area contributed by atoms with E-state index in [-0.39, 0.29) is 5.91 Å². The third-order valence-corrected chi connectivity index (χ3v) is 4.46. The lowest BCUT2D eigenvalue weighted by Crippen LogP contribution is -2.55. The molecule has 17 heavy (non-hydrogen) atoms. The Morgan fingerprint density at radius 3 is 2.82 bits per heavy atom. The van der Waals surface area contributed by atoms with Crippen LogP contribution in [0.15, 0.2) is 29.4 Å². The number of pyridine rings is 1. The molecule has 1 aromatic rings. The lowest BCUT2D eigenvalue weighted by Gasteiger charge is -2.35. The molecule has 2 atom stereocenters. The quantitative estimate of drug-likeness (QED) is 0.848. The summed E-state index contributed by atoms with van der Waals surface area (Å²) in [6.45, 7) is 0. The Labute approximate surface area is 105 Å². The standard InChI is InChI=1S/C12H17N3OS/c13-11(16)12(14)5-1-2-10(8-12)17-9-3-6-15-7-4-9/h3-4,6-7,10H,1-2,5,8,14H2,(H2,13,16). The predicted octanol–water partition coefficient (Wildman–Crippen LogP) is 1.30. The van der Waals surface area contributed by atoms with Gasteiger partial charge in [-0.15, -0.1) is 11.8 Å². The van der Waals surface area contributed by atoms with E-state index in [0.717, 1.165) is 12.8 Å². The van der Waals surface area contributed by atoms with Crippen LogP contribution < -0.4 is 11.5 Å². The Kier molecular flexibility index (Phi) is 3.69. The number of hydrogen-bond donors (Lipinski definition) is 2. The smallest absolute Gasteiger partial charge is 0.237 e. The van der Waals surface area contributed by atoms with E-state index in [0.29, 0.717) is 18.1 Å². The van der Waals surface area contributed by atoms with E-state index in [1.165, 1.54) is 4.90 Å². The van der Waals surface area contributed by atoms with Gasteiger partial charge in [-0.3, -0.25) is 9.78 Å². The largest absolute Gasteiger partial charge is 0.368 e. The fourth-order valence-electron chi connectivity index (χ4n) is 2.19. The molecule has 0 aliphatic heterocycles. The summed E-state index contributed by atoms with van der Waals surface area (Å²) in [6.07, 6.45) is 6.95. The Balaban J connectivity index is 2.01. The molecule has 4 N–H and O–H groups in total. The van der Waals surface area contributed by atoms with Gasteiger partial charge in [0, 0.05) is 22.5 Å². The van der Waals surface area contributed by atoms with Gasteiger partial charge in [0.15, 0.2) is 0 Å². The predicted molar refractivity (Wildman–Crippen MR) is 68.5 cm³/mol. The van der Waals surface area contributed by atoms with E-state index >= 15 is 0 Å². The molecular weight excluding hydrogens is 234 g/mol. The second kappa shape index (κ2) is 5.06. The minimum absolute atomic E-state index is 0.364.